The molecule has 3 fully saturated rings. The van der Waals surface area contributed by atoms with Crippen molar-refractivity contribution < 1.29 is 24.2 Å². The van der Waals surface area contributed by atoms with Crippen LogP contribution in [0.3, 0.4) is 0 Å². The van der Waals surface area contributed by atoms with Gasteiger partial charge in [0.2, 0.25) is 17.7 Å². The van der Waals surface area contributed by atoms with Crippen molar-refractivity contribution in [3.05, 3.63) is 30.3 Å². The summed E-state index contributed by atoms with van der Waals surface area (Å²) < 4.78 is 6.33. The fourth-order valence-corrected chi connectivity index (χ4v) is 5.47. The number of likely N-dealkylation sites (tertiary alicyclic amines) is 1. The molecule has 0 radical (unpaired) electrons. The molecule has 5 atom stereocenters. The van der Waals surface area contributed by atoms with Gasteiger partial charge in [-0.15, -0.1) is 0 Å². The van der Waals surface area contributed by atoms with Crippen molar-refractivity contribution in [2.75, 3.05) is 25.0 Å². The number of nitrogens with one attached hydrogen (secondary N) is 2. The molecular formula is C23H31N3O5. The Kier molecular flexibility index (Phi) is 6.29. The largest absolute Gasteiger partial charge is 0.396 e. The van der Waals surface area contributed by atoms with Crippen molar-refractivity contribution in [2.24, 2.45) is 11.8 Å². The zero-order valence-electron chi connectivity index (χ0n) is 17.9. The average Bonchev–Trinajstić information content (AvgIpc) is 3.40. The maximum absolute atomic E-state index is 13.5. The summed E-state index contributed by atoms with van der Waals surface area (Å²) in [5.41, 5.74) is -0.313. The smallest absolute Gasteiger partial charge is 0.245 e. The monoisotopic (exact) mass is 429 g/mol. The molecule has 1 aromatic carbocycles. The van der Waals surface area contributed by atoms with Crippen molar-refractivity contribution in [1.82, 2.24) is 10.2 Å². The van der Waals surface area contributed by atoms with Crippen molar-refractivity contribution in [2.45, 2.75) is 56.8 Å². The molecule has 1 aromatic rings. The summed E-state index contributed by atoms with van der Waals surface area (Å²) in [5, 5.41) is 15.2. The van der Waals surface area contributed by atoms with E-state index in [9.17, 15) is 19.5 Å². The van der Waals surface area contributed by atoms with Crippen molar-refractivity contribution >= 4 is 23.4 Å². The number of carbonyl (C=O) groups is 3. The van der Waals surface area contributed by atoms with Gasteiger partial charge >= 0.3 is 0 Å². The van der Waals surface area contributed by atoms with E-state index in [0.717, 1.165) is 12.8 Å². The summed E-state index contributed by atoms with van der Waals surface area (Å²) in [5.74, 6) is -2.01. The van der Waals surface area contributed by atoms with Gasteiger partial charge in [0.05, 0.1) is 17.9 Å². The Morgan fingerprint density at radius 3 is 2.71 bits per heavy atom. The minimum Gasteiger partial charge on any atom is -0.396 e. The van der Waals surface area contributed by atoms with Crippen LogP contribution in [-0.2, 0) is 19.1 Å². The molecule has 8 nitrogen and oxygen atoms in total. The Morgan fingerprint density at radius 2 is 2.00 bits per heavy atom. The molecule has 3 heterocycles. The molecule has 1 spiro atoms. The van der Waals surface area contributed by atoms with E-state index in [1.165, 1.54) is 4.90 Å². The molecule has 2 bridgehead atoms. The SMILES string of the molecule is CCCCNC(=O)C1N(CCCO)C(=O)[C@@H]2[C@@H](C(=O)Nc3ccccc3)[C@H]3CCC12O3. The van der Waals surface area contributed by atoms with E-state index in [2.05, 4.69) is 10.6 Å². The van der Waals surface area contributed by atoms with Crippen molar-refractivity contribution in [3.8, 4) is 0 Å². The van der Waals surface area contributed by atoms with Gasteiger partial charge < -0.3 is 25.4 Å². The summed E-state index contributed by atoms with van der Waals surface area (Å²) in [6.07, 6.45) is 3.02. The highest BCUT2D eigenvalue weighted by atomic mass is 16.5. The number of para-hydroxylation sites is 1. The van der Waals surface area contributed by atoms with Crippen LogP contribution in [0.5, 0.6) is 0 Å². The van der Waals surface area contributed by atoms with E-state index in [0.29, 0.717) is 31.5 Å². The highest BCUT2D eigenvalue weighted by Crippen LogP contribution is 2.58. The van der Waals surface area contributed by atoms with E-state index >= 15 is 0 Å². The quantitative estimate of drug-likeness (QED) is 0.513. The Bertz CT molecular complexity index is 832. The second kappa shape index (κ2) is 8.96. The lowest BCUT2D eigenvalue weighted by Gasteiger charge is -2.33. The topological polar surface area (TPSA) is 108 Å². The number of rotatable bonds is 9. The zero-order chi connectivity index (χ0) is 22.0. The van der Waals surface area contributed by atoms with Gasteiger partial charge in [-0.2, -0.15) is 0 Å². The summed E-state index contributed by atoms with van der Waals surface area (Å²) in [6.45, 7) is 2.77. The third kappa shape index (κ3) is 3.72. The molecule has 3 N–H and O–H groups in total. The van der Waals surface area contributed by atoms with Crippen LogP contribution in [0.15, 0.2) is 30.3 Å². The predicted molar refractivity (Wildman–Crippen MR) is 114 cm³/mol. The number of hydrogen-bond acceptors (Lipinski definition) is 5. The molecule has 3 saturated heterocycles. The Balaban J connectivity index is 1.61. The van der Waals surface area contributed by atoms with Crippen LogP contribution in [0.25, 0.3) is 0 Å². The Labute approximate surface area is 182 Å². The molecule has 2 unspecified atom stereocenters. The second-order valence-electron chi connectivity index (χ2n) is 8.66. The van der Waals surface area contributed by atoms with Crippen molar-refractivity contribution in [1.29, 1.82) is 0 Å². The molecule has 4 rings (SSSR count). The molecule has 8 heteroatoms. The summed E-state index contributed by atoms with van der Waals surface area (Å²) in [7, 11) is 0. The van der Waals surface area contributed by atoms with Gasteiger partial charge in [-0.25, -0.2) is 0 Å². The van der Waals surface area contributed by atoms with Crippen LogP contribution in [0, 0.1) is 11.8 Å². The molecule has 168 valence electrons. The van der Waals surface area contributed by atoms with Gasteiger partial charge in [0.1, 0.15) is 11.6 Å². The van der Waals surface area contributed by atoms with Crippen LogP contribution >= 0.6 is 0 Å². The lowest BCUT2D eigenvalue weighted by Crippen LogP contribution is -2.55. The lowest BCUT2D eigenvalue weighted by atomic mass is 9.70. The summed E-state index contributed by atoms with van der Waals surface area (Å²) in [4.78, 5) is 41.4. The first kappa shape index (κ1) is 21.8. The van der Waals surface area contributed by atoms with Crippen LogP contribution < -0.4 is 10.6 Å². The minimum atomic E-state index is -0.980. The lowest BCUT2D eigenvalue weighted by molar-refractivity contribution is -0.141. The number of unbranched alkanes of at least 4 members (excludes halogenated alkanes) is 1. The van der Waals surface area contributed by atoms with E-state index < -0.39 is 23.5 Å². The van der Waals surface area contributed by atoms with Gasteiger partial charge in [-0.05, 0) is 37.8 Å². The van der Waals surface area contributed by atoms with Gasteiger partial charge in [0.25, 0.3) is 0 Å². The van der Waals surface area contributed by atoms with Crippen LogP contribution in [0.1, 0.15) is 39.0 Å². The number of aliphatic hydroxyl groups is 1. The van der Waals surface area contributed by atoms with E-state index in [1.807, 2.05) is 25.1 Å². The standard InChI is InChI=1S/C23H31N3O5/c1-2-3-12-24-21(29)19-23-11-10-16(31-23)17(18(23)22(30)26(19)13-7-14-27)20(28)25-15-8-5-4-6-9-15/h4-6,8-9,16-19,27H,2-3,7,10-14H2,1H3,(H,24,29)(H,25,28)/t16-,17+,18+,19?,23?/m1/s1. The first-order valence-electron chi connectivity index (χ1n) is 11.3. The number of hydrogen-bond donors (Lipinski definition) is 3. The molecule has 31 heavy (non-hydrogen) atoms. The van der Waals surface area contributed by atoms with Crippen LogP contribution in [0.4, 0.5) is 5.69 Å². The molecule has 0 aromatic heterocycles. The van der Waals surface area contributed by atoms with Gasteiger partial charge in [-0.1, -0.05) is 31.5 Å². The van der Waals surface area contributed by atoms with Gasteiger partial charge in [0.15, 0.2) is 0 Å². The van der Waals surface area contributed by atoms with Crippen LogP contribution in [0.2, 0.25) is 0 Å². The fraction of sp³-hybridized carbons (Fsp3) is 0.609. The van der Waals surface area contributed by atoms with E-state index in [-0.39, 0.29) is 37.0 Å². The number of amides is 3. The number of ether oxygens (including phenoxy) is 1. The number of aliphatic hydroxyl groups excluding tert-OH is 1. The number of fused-ring (bicyclic) bond motifs is 1. The van der Waals surface area contributed by atoms with E-state index in [1.54, 1.807) is 12.1 Å². The third-order valence-corrected chi connectivity index (χ3v) is 6.78. The fourth-order valence-electron chi connectivity index (χ4n) is 5.47. The minimum absolute atomic E-state index is 0.0764. The molecule has 3 aliphatic heterocycles. The Hall–Kier alpha value is -2.45. The first-order chi connectivity index (χ1) is 15.0. The molecule has 3 aliphatic rings. The van der Waals surface area contributed by atoms with E-state index in [4.69, 9.17) is 4.74 Å². The van der Waals surface area contributed by atoms with Gasteiger partial charge in [-0.3, -0.25) is 14.4 Å². The Morgan fingerprint density at radius 1 is 1.23 bits per heavy atom. The molecule has 0 saturated carbocycles. The second-order valence-corrected chi connectivity index (χ2v) is 8.66. The number of carbonyl (C=O) groups excluding carboxylic acids is 3. The maximum atomic E-state index is 13.5. The van der Waals surface area contributed by atoms with Crippen LogP contribution in [-0.4, -0.2) is 65.2 Å². The summed E-state index contributed by atoms with van der Waals surface area (Å²) >= 11 is 0. The number of nitrogens with zero attached hydrogens (tertiary/aromatic N) is 1. The average molecular weight is 430 g/mol. The summed E-state index contributed by atoms with van der Waals surface area (Å²) in [6, 6.07) is 8.37. The molecule has 0 aliphatic carbocycles. The third-order valence-electron chi connectivity index (χ3n) is 6.78. The zero-order valence-corrected chi connectivity index (χ0v) is 17.9. The number of benzene rings is 1. The van der Waals surface area contributed by atoms with Crippen molar-refractivity contribution in [3.63, 3.8) is 0 Å². The van der Waals surface area contributed by atoms with Gasteiger partial charge in [0, 0.05) is 25.4 Å². The molecule has 3 amide bonds. The highest BCUT2D eigenvalue weighted by molar-refractivity contribution is 6.01. The highest BCUT2D eigenvalue weighted by Gasteiger charge is 2.74. The first-order valence-corrected chi connectivity index (χ1v) is 11.3. The normalized spacial score (nSPS) is 31.0. The maximum Gasteiger partial charge on any atom is 0.245 e. The number of anilines is 1. The molecular weight excluding hydrogens is 398 g/mol. The predicted octanol–water partition coefficient (Wildman–Crippen LogP) is 1.30.